The largest absolute Gasteiger partial charge is 0.313 e. The van der Waals surface area contributed by atoms with E-state index in [9.17, 15) is 0 Å². The van der Waals surface area contributed by atoms with Crippen molar-refractivity contribution >= 4 is 0 Å². The molecule has 2 N–H and O–H groups in total. The van der Waals surface area contributed by atoms with E-state index in [2.05, 4.69) is 35.8 Å². The van der Waals surface area contributed by atoms with Crippen molar-refractivity contribution in [2.24, 2.45) is 5.41 Å². The average molecular weight is 274 g/mol. The topological polar surface area (TPSA) is 24.1 Å². The fourth-order valence-corrected chi connectivity index (χ4v) is 4.05. The van der Waals surface area contributed by atoms with Crippen molar-refractivity contribution in [1.82, 2.24) is 10.6 Å². The maximum Gasteiger partial charge on any atom is 0.0344 e. The molecule has 2 fully saturated rings. The van der Waals surface area contributed by atoms with Gasteiger partial charge in [0.1, 0.15) is 0 Å². The van der Waals surface area contributed by atoms with Gasteiger partial charge in [-0.2, -0.15) is 0 Å². The number of rotatable bonds is 6. The van der Waals surface area contributed by atoms with E-state index in [0.29, 0.717) is 0 Å². The van der Waals surface area contributed by atoms with Crippen LogP contribution < -0.4 is 10.6 Å². The summed E-state index contributed by atoms with van der Waals surface area (Å²) in [6.07, 6.45) is 18.1. The van der Waals surface area contributed by atoms with Gasteiger partial charge in [-0.1, -0.05) is 49.5 Å². The van der Waals surface area contributed by atoms with E-state index in [1.165, 1.54) is 56.9 Å². The van der Waals surface area contributed by atoms with E-state index >= 15 is 0 Å². The molecule has 3 rings (SSSR count). The molecule has 2 heteroatoms. The van der Waals surface area contributed by atoms with E-state index in [0.717, 1.165) is 25.2 Å². The molecule has 0 aromatic carbocycles. The Morgan fingerprint density at radius 1 is 0.950 bits per heavy atom. The van der Waals surface area contributed by atoms with Crippen molar-refractivity contribution in [3.05, 3.63) is 23.8 Å². The van der Waals surface area contributed by atoms with E-state index in [-0.39, 0.29) is 5.41 Å². The second-order valence-electron chi connectivity index (χ2n) is 7.09. The maximum absolute atomic E-state index is 3.84. The molecule has 20 heavy (non-hydrogen) atoms. The summed E-state index contributed by atoms with van der Waals surface area (Å²) in [6, 6.07) is 1.53. The lowest BCUT2D eigenvalue weighted by Gasteiger charge is -2.33. The van der Waals surface area contributed by atoms with Gasteiger partial charge < -0.3 is 10.6 Å². The Morgan fingerprint density at radius 3 is 1.85 bits per heavy atom. The van der Waals surface area contributed by atoms with Gasteiger partial charge in [-0.05, 0) is 32.6 Å². The molecule has 0 aromatic heterocycles. The lowest BCUT2D eigenvalue weighted by Crippen LogP contribution is -2.45. The van der Waals surface area contributed by atoms with Gasteiger partial charge in [0.05, 0.1) is 0 Å². The van der Waals surface area contributed by atoms with Gasteiger partial charge >= 0.3 is 0 Å². The molecule has 2 saturated carbocycles. The molecule has 3 aliphatic rings. The van der Waals surface area contributed by atoms with E-state index in [1.807, 2.05) is 0 Å². The Morgan fingerprint density at radius 2 is 1.45 bits per heavy atom. The summed E-state index contributed by atoms with van der Waals surface area (Å²) in [7, 11) is 0. The minimum atomic E-state index is 0.227. The Hall–Kier alpha value is -0.600. The summed E-state index contributed by atoms with van der Waals surface area (Å²) >= 11 is 0. The van der Waals surface area contributed by atoms with Crippen LogP contribution in [0.4, 0.5) is 0 Å². The normalized spacial score (nSPS) is 26.6. The second kappa shape index (κ2) is 6.44. The van der Waals surface area contributed by atoms with Crippen LogP contribution in [0.25, 0.3) is 0 Å². The molecule has 0 saturated heterocycles. The predicted molar refractivity (Wildman–Crippen MR) is 85.8 cm³/mol. The molecular weight excluding hydrogens is 244 g/mol. The van der Waals surface area contributed by atoms with Crippen molar-refractivity contribution in [2.75, 3.05) is 13.1 Å². The summed E-state index contributed by atoms with van der Waals surface area (Å²) in [4.78, 5) is 0. The highest BCUT2D eigenvalue weighted by molar-refractivity contribution is 5.34. The third-order valence-electron chi connectivity index (χ3n) is 5.67. The Labute approximate surface area is 124 Å². The first-order valence-corrected chi connectivity index (χ1v) is 8.62. The lowest BCUT2D eigenvalue weighted by atomic mass is 9.82. The van der Waals surface area contributed by atoms with Gasteiger partial charge in [-0.15, -0.1) is 0 Å². The van der Waals surface area contributed by atoms with Gasteiger partial charge in [0.2, 0.25) is 0 Å². The van der Waals surface area contributed by atoms with Crippen LogP contribution in [0.2, 0.25) is 0 Å². The molecule has 0 spiro atoms. The van der Waals surface area contributed by atoms with Crippen LogP contribution in [0, 0.1) is 5.41 Å². The molecule has 2 nitrogen and oxygen atoms in total. The van der Waals surface area contributed by atoms with Gasteiger partial charge in [0.15, 0.2) is 0 Å². The van der Waals surface area contributed by atoms with Crippen LogP contribution in [-0.4, -0.2) is 25.2 Å². The first-order valence-electron chi connectivity index (χ1n) is 8.62. The van der Waals surface area contributed by atoms with E-state index < -0.39 is 0 Å². The lowest BCUT2D eigenvalue weighted by molar-refractivity contribution is 0.348. The summed E-state index contributed by atoms with van der Waals surface area (Å²) < 4.78 is 0. The van der Waals surface area contributed by atoms with Crippen LogP contribution >= 0.6 is 0 Å². The van der Waals surface area contributed by atoms with Gasteiger partial charge in [-0.3, -0.25) is 0 Å². The standard InChI is InChI=1S/C18H30N2/c1-15-7-6-12-18(15,13-19-16-8-2-3-9-16)14-20-17-10-4-5-11-17/h6-7,12,16-17,19-20H,2-5,8-11,13-14H2,1H3. The molecule has 0 aliphatic heterocycles. The summed E-state index contributed by atoms with van der Waals surface area (Å²) in [5.41, 5.74) is 1.75. The average Bonchev–Trinajstić information content (AvgIpc) is 3.18. The van der Waals surface area contributed by atoms with E-state index in [1.54, 1.807) is 0 Å². The van der Waals surface area contributed by atoms with Crippen molar-refractivity contribution in [1.29, 1.82) is 0 Å². The minimum absolute atomic E-state index is 0.227. The summed E-state index contributed by atoms with van der Waals surface area (Å²) in [5, 5.41) is 7.68. The first kappa shape index (κ1) is 14.3. The zero-order valence-corrected chi connectivity index (χ0v) is 13.0. The SMILES string of the molecule is CC1=CC=CC1(CNC1CCCC1)CNC1CCCC1. The molecule has 0 unspecified atom stereocenters. The molecule has 3 aliphatic carbocycles. The summed E-state index contributed by atoms with van der Waals surface area (Å²) in [5.74, 6) is 0. The smallest absolute Gasteiger partial charge is 0.0344 e. The van der Waals surface area contributed by atoms with E-state index in [4.69, 9.17) is 0 Å². The molecule has 0 bridgehead atoms. The van der Waals surface area contributed by atoms with Crippen molar-refractivity contribution < 1.29 is 0 Å². The van der Waals surface area contributed by atoms with Crippen molar-refractivity contribution in [2.45, 2.75) is 70.4 Å². The third kappa shape index (κ3) is 3.17. The van der Waals surface area contributed by atoms with Crippen LogP contribution in [0.5, 0.6) is 0 Å². The molecule has 0 aromatic rings. The monoisotopic (exact) mass is 274 g/mol. The molecular formula is C18H30N2. The molecule has 0 radical (unpaired) electrons. The highest BCUT2D eigenvalue weighted by Gasteiger charge is 2.33. The van der Waals surface area contributed by atoms with Crippen LogP contribution in [0.1, 0.15) is 58.3 Å². The highest BCUT2D eigenvalue weighted by atomic mass is 15.0. The zero-order chi connectivity index (χ0) is 13.8. The van der Waals surface area contributed by atoms with Crippen LogP contribution in [0.3, 0.4) is 0 Å². The molecule has 0 amide bonds. The Balaban J connectivity index is 1.56. The third-order valence-corrected chi connectivity index (χ3v) is 5.67. The quantitative estimate of drug-likeness (QED) is 0.774. The van der Waals surface area contributed by atoms with Gasteiger partial charge in [0.25, 0.3) is 0 Å². The fraction of sp³-hybridized carbons (Fsp3) is 0.778. The number of allylic oxidation sites excluding steroid dienone is 2. The molecule has 112 valence electrons. The fourth-order valence-electron chi connectivity index (χ4n) is 4.05. The van der Waals surface area contributed by atoms with Crippen LogP contribution in [0.15, 0.2) is 23.8 Å². The zero-order valence-electron chi connectivity index (χ0n) is 13.0. The molecule has 0 atom stereocenters. The minimum Gasteiger partial charge on any atom is -0.313 e. The maximum atomic E-state index is 3.84. The number of nitrogens with one attached hydrogen (secondary N) is 2. The first-order chi connectivity index (χ1) is 9.78. The van der Waals surface area contributed by atoms with Gasteiger partial charge in [0, 0.05) is 30.6 Å². The molecule has 0 heterocycles. The second-order valence-corrected chi connectivity index (χ2v) is 7.09. The number of hydrogen-bond donors (Lipinski definition) is 2. The van der Waals surface area contributed by atoms with Gasteiger partial charge in [-0.25, -0.2) is 0 Å². The van der Waals surface area contributed by atoms with Crippen LogP contribution in [-0.2, 0) is 0 Å². The number of hydrogen-bond acceptors (Lipinski definition) is 2. The highest BCUT2D eigenvalue weighted by Crippen LogP contribution is 2.34. The Kier molecular flexibility index (Phi) is 4.62. The predicted octanol–water partition coefficient (Wildman–Crippen LogP) is 3.55. The Bertz CT molecular complexity index is 351. The van der Waals surface area contributed by atoms with Crippen molar-refractivity contribution in [3.63, 3.8) is 0 Å². The van der Waals surface area contributed by atoms with Crippen molar-refractivity contribution in [3.8, 4) is 0 Å². The summed E-state index contributed by atoms with van der Waals surface area (Å²) in [6.45, 7) is 4.51.